The van der Waals surface area contributed by atoms with Gasteiger partial charge in [0.25, 0.3) is 0 Å². The van der Waals surface area contributed by atoms with E-state index in [4.69, 9.17) is 4.74 Å². The maximum Gasteiger partial charge on any atom is 0.249 e. The first-order chi connectivity index (χ1) is 14.0. The SMILES string of the molecule is CCC1C(=O)N(C)C2=C(NC(Nc3ccc(C)cc3OC)N=C2)N1C1CCCC1. The minimum absolute atomic E-state index is 0.129. The van der Waals surface area contributed by atoms with Crippen LogP contribution >= 0.6 is 0 Å². The maximum absolute atomic E-state index is 13.0. The second-order valence-electron chi connectivity index (χ2n) is 8.07. The number of hydrogen-bond acceptors (Lipinski definition) is 6. The van der Waals surface area contributed by atoms with Gasteiger partial charge in [-0.2, -0.15) is 0 Å². The lowest BCUT2D eigenvalue weighted by Crippen LogP contribution is -2.60. The molecule has 0 spiro atoms. The number of anilines is 1. The topological polar surface area (TPSA) is 69.2 Å². The zero-order valence-corrected chi connectivity index (χ0v) is 17.7. The van der Waals surface area contributed by atoms with Gasteiger partial charge in [-0.05, 0) is 43.9 Å². The lowest BCUT2D eigenvalue weighted by Gasteiger charge is -2.47. The molecule has 1 saturated carbocycles. The van der Waals surface area contributed by atoms with Crippen molar-refractivity contribution in [1.29, 1.82) is 0 Å². The fourth-order valence-corrected chi connectivity index (χ4v) is 4.65. The Morgan fingerprint density at radius 1 is 1.31 bits per heavy atom. The number of carbonyl (C=O) groups is 1. The van der Waals surface area contributed by atoms with Crippen LogP contribution in [-0.4, -0.2) is 54.5 Å². The first-order valence-corrected chi connectivity index (χ1v) is 10.5. The molecule has 156 valence electrons. The van der Waals surface area contributed by atoms with Gasteiger partial charge in [0.1, 0.15) is 23.3 Å². The molecular formula is C22H31N5O2. The summed E-state index contributed by atoms with van der Waals surface area (Å²) in [5, 5.41) is 6.99. The average molecular weight is 398 g/mol. The van der Waals surface area contributed by atoms with Crippen LogP contribution in [0, 0.1) is 6.92 Å². The van der Waals surface area contributed by atoms with Crippen molar-refractivity contribution in [2.24, 2.45) is 4.99 Å². The van der Waals surface area contributed by atoms with Crippen LogP contribution in [0.25, 0.3) is 0 Å². The van der Waals surface area contributed by atoms with Crippen molar-refractivity contribution in [3.63, 3.8) is 0 Å². The van der Waals surface area contributed by atoms with E-state index in [0.717, 1.165) is 47.8 Å². The molecule has 0 radical (unpaired) electrons. The molecule has 2 aliphatic heterocycles. The number of aliphatic imine (C=N–C) groups is 1. The van der Waals surface area contributed by atoms with Crippen LogP contribution in [0.1, 0.15) is 44.6 Å². The average Bonchev–Trinajstić information content (AvgIpc) is 3.26. The highest BCUT2D eigenvalue weighted by molar-refractivity contribution is 5.93. The smallest absolute Gasteiger partial charge is 0.249 e. The molecule has 0 bridgehead atoms. The molecule has 2 N–H and O–H groups in total. The number of aryl methyl sites for hydroxylation is 1. The molecule has 29 heavy (non-hydrogen) atoms. The van der Waals surface area contributed by atoms with E-state index in [2.05, 4.69) is 27.4 Å². The zero-order chi connectivity index (χ0) is 20.5. The quantitative estimate of drug-likeness (QED) is 0.799. The molecule has 0 aromatic heterocycles. The monoisotopic (exact) mass is 397 g/mol. The van der Waals surface area contributed by atoms with Crippen molar-refractivity contribution in [3.8, 4) is 5.75 Å². The minimum atomic E-state index is -0.326. The van der Waals surface area contributed by atoms with E-state index < -0.39 is 0 Å². The van der Waals surface area contributed by atoms with Crippen LogP contribution < -0.4 is 15.4 Å². The van der Waals surface area contributed by atoms with Crippen LogP contribution in [0.4, 0.5) is 5.69 Å². The van der Waals surface area contributed by atoms with Gasteiger partial charge in [0.05, 0.1) is 19.0 Å². The fraction of sp³-hybridized carbons (Fsp3) is 0.545. The Kier molecular flexibility index (Phi) is 5.39. The number of ether oxygens (including phenoxy) is 1. The third-order valence-corrected chi connectivity index (χ3v) is 6.19. The number of hydrogen-bond donors (Lipinski definition) is 2. The minimum Gasteiger partial charge on any atom is -0.495 e. The normalized spacial score (nSPS) is 24.6. The second kappa shape index (κ2) is 7.97. The van der Waals surface area contributed by atoms with Gasteiger partial charge in [0.2, 0.25) is 5.91 Å². The molecule has 2 heterocycles. The lowest BCUT2D eigenvalue weighted by molar-refractivity contribution is -0.136. The molecule has 7 heteroatoms. The van der Waals surface area contributed by atoms with E-state index in [1.165, 1.54) is 12.8 Å². The predicted molar refractivity (Wildman–Crippen MR) is 115 cm³/mol. The molecule has 1 aromatic carbocycles. The van der Waals surface area contributed by atoms with Crippen LogP contribution in [0.3, 0.4) is 0 Å². The number of amides is 1. The van der Waals surface area contributed by atoms with Crippen molar-refractivity contribution in [1.82, 2.24) is 15.1 Å². The molecular weight excluding hydrogens is 366 g/mol. The first-order valence-electron chi connectivity index (χ1n) is 10.5. The summed E-state index contributed by atoms with van der Waals surface area (Å²) >= 11 is 0. The summed E-state index contributed by atoms with van der Waals surface area (Å²) in [6.07, 6.45) is 6.99. The Morgan fingerprint density at radius 3 is 2.76 bits per heavy atom. The number of allylic oxidation sites excluding steroid dienone is 1. The van der Waals surface area contributed by atoms with Crippen molar-refractivity contribution >= 4 is 17.8 Å². The number of methoxy groups -OCH3 is 1. The third-order valence-electron chi connectivity index (χ3n) is 6.19. The van der Waals surface area contributed by atoms with Gasteiger partial charge >= 0.3 is 0 Å². The standard InChI is InChI=1S/C22H31N5O2/c1-5-17-21(28)26(3)18-13-23-22(24-16-11-10-14(2)12-19(16)29-4)25-20(18)27(17)15-8-6-7-9-15/h10-13,15,17,22,24-25H,5-9H2,1-4H3. The third kappa shape index (κ3) is 3.54. The molecule has 0 saturated heterocycles. The number of nitrogens with zero attached hydrogens (tertiary/aromatic N) is 3. The highest BCUT2D eigenvalue weighted by Crippen LogP contribution is 2.35. The molecule has 1 fully saturated rings. The summed E-state index contributed by atoms with van der Waals surface area (Å²) in [5.41, 5.74) is 2.88. The Balaban J connectivity index is 1.63. The van der Waals surface area contributed by atoms with Crippen LogP contribution in [-0.2, 0) is 4.79 Å². The van der Waals surface area contributed by atoms with E-state index in [0.29, 0.717) is 6.04 Å². The van der Waals surface area contributed by atoms with Gasteiger partial charge in [0, 0.05) is 13.1 Å². The van der Waals surface area contributed by atoms with E-state index in [9.17, 15) is 4.79 Å². The van der Waals surface area contributed by atoms with Crippen LogP contribution in [0.2, 0.25) is 0 Å². The summed E-state index contributed by atoms with van der Waals surface area (Å²) in [6, 6.07) is 6.33. The van der Waals surface area contributed by atoms with Gasteiger partial charge in [-0.3, -0.25) is 4.79 Å². The fourth-order valence-electron chi connectivity index (χ4n) is 4.65. The Bertz CT molecular complexity index is 844. The number of likely N-dealkylation sites (N-methyl/N-ethyl adjacent to an activating group) is 1. The van der Waals surface area contributed by atoms with Crippen LogP contribution in [0.15, 0.2) is 34.7 Å². The van der Waals surface area contributed by atoms with Crippen molar-refractivity contribution in [3.05, 3.63) is 35.3 Å². The summed E-state index contributed by atoms with van der Waals surface area (Å²) < 4.78 is 5.52. The first kappa shape index (κ1) is 19.6. The Hall–Kier alpha value is -2.70. The predicted octanol–water partition coefficient (Wildman–Crippen LogP) is 3.04. The molecule has 2 unspecified atom stereocenters. The summed E-state index contributed by atoms with van der Waals surface area (Å²) in [4.78, 5) is 21.7. The van der Waals surface area contributed by atoms with Crippen molar-refractivity contribution in [2.45, 2.75) is 64.3 Å². The van der Waals surface area contributed by atoms with Gasteiger partial charge in [-0.25, -0.2) is 4.99 Å². The molecule has 1 amide bonds. The number of nitrogens with one attached hydrogen (secondary N) is 2. The maximum atomic E-state index is 13.0. The highest BCUT2D eigenvalue weighted by atomic mass is 16.5. The number of benzene rings is 1. The van der Waals surface area contributed by atoms with Crippen LogP contribution in [0.5, 0.6) is 5.75 Å². The molecule has 4 rings (SSSR count). The van der Waals surface area contributed by atoms with Gasteiger partial charge in [-0.1, -0.05) is 25.8 Å². The Morgan fingerprint density at radius 2 is 2.07 bits per heavy atom. The number of carbonyl (C=O) groups excluding carboxylic acids is 1. The number of rotatable bonds is 5. The molecule has 7 nitrogen and oxygen atoms in total. The van der Waals surface area contributed by atoms with Gasteiger partial charge < -0.3 is 25.2 Å². The van der Waals surface area contributed by atoms with Crippen molar-refractivity contribution in [2.75, 3.05) is 19.5 Å². The Labute approximate surface area is 172 Å². The van der Waals surface area contributed by atoms with E-state index in [-0.39, 0.29) is 18.2 Å². The van der Waals surface area contributed by atoms with E-state index >= 15 is 0 Å². The summed E-state index contributed by atoms with van der Waals surface area (Å²) in [7, 11) is 3.52. The largest absolute Gasteiger partial charge is 0.495 e. The zero-order valence-electron chi connectivity index (χ0n) is 17.7. The van der Waals surface area contributed by atoms with E-state index in [1.807, 2.05) is 38.4 Å². The lowest BCUT2D eigenvalue weighted by atomic mass is 10.0. The second-order valence-corrected chi connectivity index (χ2v) is 8.07. The highest BCUT2D eigenvalue weighted by Gasteiger charge is 2.42. The molecule has 3 aliphatic rings. The van der Waals surface area contributed by atoms with Gasteiger partial charge in [-0.15, -0.1) is 0 Å². The molecule has 2 atom stereocenters. The van der Waals surface area contributed by atoms with Crippen molar-refractivity contribution < 1.29 is 9.53 Å². The molecule has 1 aromatic rings. The summed E-state index contributed by atoms with van der Waals surface area (Å²) in [6.45, 7) is 4.13. The van der Waals surface area contributed by atoms with E-state index in [1.54, 1.807) is 12.0 Å². The summed E-state index contributed by atoms with van der Waals surface area (Å²) in [5.74, 6) is 1.94. The van der Waals surface area contributed by atoms with Gasteiger partial charge in [0.15, 0.2) is 6.29 Å². The molecule has 1 aliphatic carbocycles.